The quantitative estimate of drug-likeness (QED) is 0.268. The van der Waals surface area contributed by atoms with E-state index in [4.69, 9.17) is 4.74 Å². The Labute approximate surface area is 172 Å². The summed E-state index contributed by atoms with van der Waals surface area (Å²) in [7, 11) is 2.14. The number of fused-ring (bicyclic) bond motifs is 3. The summed E-state index contributed by atoms with van der Waals surface area (Å²) in [5.74, 6) is 1.97. The fourth-order valence-electron chi connectivity index (χ4n) is 4.71. The Hall–Kier alpha value is -2.87. The van der Waals surface area contributed by atoms with Gasteiger partial charge in [0.05, 0.1) is 10.9 Å². The molecule has 0 bridgehead atoms. The Morgan fingerprint density at radius 3 is 2.34 bits per heavy atom. The van der Waals surface area contributed by atoms with Gasteiger partial charge in [-0.3, -0.25) is 0 Å². The van der Waals surface area contributed by atoms with E-state index >= 15 is 0 Å². The van der Waals surface area contributed by atoms with Crippen LogP contribution in [-0.2, 0) is 12.5 Å². The van der Waals surface area contributed by atoms with Crippen molar-refractivity contribution in [2.24, 2.45) is 7.05 Å². The van der Waals surface area contributed by atoms with Crippen molar-refractivity contribution in [3.63, 3.8) is 0 Å². The summed E-state index contributed by atoms with van der Waals surface area (Å²) >= 11 is 0. The first-order chi connectivity index (χ1) is 13.7. The highest BCUT2D eigenvalue weighted by Gasteiger charge is 2.32. The zero-order valence-electron chi connectivity index (χ0n) is 18.4. The maximum absolute atomic E-state index is 6.68. The Morgan fingerprint density at radius 1 is 0.862 bits per heavy atom. The normalized spacial score (nSPS) is 12.9. The molecule has 146 valence electrons. The lowest BCUT2D eigenvalue weighted by Gasteiger charge is -2.26. The van der Waals surface area contributed by atoms with Gasteiger partial charge in [-0.15, -0.1) is 0 Å². The summed E-state index contributed by atoms with van der Waals surface area (Å²) in [5.41, 5.74) is 7.64. The predicted molar refractivity (Wildman–Crippen MR) is 121 cm³/mol. The number of hydrogen-bond donors (Lipinski definition) is 0. The molecular formula is C27H28NO+. The molecule has 29 heavy (non-hydrogen) atoms. The lowest BCUT2D eigenvalue weighted by molar-refractivity contribution is -0.659. The second-order valence-corrected chi connectivity index (χ2v) is 9.57. The maximum Gasteiger partial charge on any atom is 0.228 e. The van der Waals surface area contributed by atoms with Gasteiger partial charge in [0.15, 0.2) is 6.20 Å². The number of benzene rings is 3. The topological polar surface area (TPSA) is 13.1 Å². The van der Waals surface area contributed by atoms with Crippen molar-refractivity contribution < 1.29 is 9.30 Å². The van der Waals surface area contributed by atoms with Crippen LogP contribution in [0.4, 0.5) is 0 Å². The molecule has 0 amide bonds. The van der Waals surface area contributed by atoms with E-state index in [2.05, 4.69) is 95.8 Å². The molecule has 0 N–H and O–H groups in total. The number of aryl methyl sites for hydroxylation is 4. The SMILES string of the molecule is Cc1ccc2c(C)c3c(c(C)c2c1)-c1c2c(cc(C(C)(C)C)cc2cc[n+]1C)O3. The summed E-state index contributed by atoms with van der Waals surface area (Å²) < 4.78 is 8.92. The molecule has 0 spiro atoms. The van der Waals surface area contributed by atoms with E-state index in [1.807, 2.05) is 0 Å². The van der Waals surface area contributed by atoms with Crippen molar-refractivity contribution in [1.29, 1.82) is 0 Å². The number of rotatable bonds is 0. The van der Waals surface area contributed by atoms with Crippen LogP contribution in [-0.4, -0.2) is 0 Å². The van der Waals surface area contributed by atoms with E-state index in [1.54, 1.807) is 0 Å². The highest BCUT2D eigenvalue weighted by molar-refractivity contribution is 6.06. The van der Waals surface area contributed by atoms with E-state index in [9.17, 15) is 0 Å². The van der Waals surface area contributed by atoms with Crippen molar-refractivity contribution in [2.45, 2.75) is 47.0 Å². The molecule has 0 saturated carbocycles. The first-order valence-electron chi connectivity index (χ1n) is 10.4. The average molecular weight is 383 g/mol. The molecule has 0 aliphatic carbocycles. The van der Waals surface area contributed by atoms with Gasteiger partial charge in [0.25, 0.3) is 0 Å². The fourth-order valence-corrected chi connectivity index (χ4v) is 4.71. The third kappa shape index (κ3) is 2.51. The average Bonchev–Trinajstić information content (AvgIpc) is 2.67. The van der Waals surface area contributed by atoms with E-state index in [0.717, 1.165) is 11.5 Å². The van der Waals surface area contributed by atoms with Crippen LogP contribution >= 0.6 is 0 Å². The van der Waals surface area contributed by atoms with Gasteiger partial charge in [-0.1, -0.05) is 44.5 Å². The lowest BCUT2D eigenvalue weighted by Crippen LogP contribution is -2.32. The largest absolute Gasteiger partial charge is 0.455 e. The van der Waals surface area contributed by atoms with Crippen LogP contribution in [0.25, 0.3) is 32.8 Å². The molecule has 1 aliphatic heterocycles. The second kappa shape index (κ2) is 5.82. The van der Waals surface area contributed by atoms with E-state index in [1.165, 1.54) is 55.1 Å². The molecule has 1 aromatic heterocycles. The highest BCUT2D eigenvalue weighted by Crippen LogP contribution is 2.51. The molecule has 0 fully saturated rings. The van der Waals surface area contributed by atoms with Crippen LogP contribution < -0.4 is 9.30 Å². The third-order valence-electron chi connectivity index (χ3n) is 6.44. The minimum Gasteiger partial charge on any atom is -0.455 e. The Balaban J connectivity index is 1.97. The molecule has 4 aromatic rings. The smallest absolute Gasteiger partial charge is 0.228 e. The molecule has 2 nitrogen and oxygen atoms in total. The second-order valence-electron chi connectivity index (χ2n) is 9.57. The number of nitrogens with zero attached hydrogens (tertiary/aromatic N) is 1. The molecule has 0 unspecified atom stereocenters. The molecule has 2 heterocycles. The number of ether oxygens (including phenoxy) is 1. The molecule has 3 aromatic carbocycles. The van der Waals surface area contributed by atoms with Crippen LogP contribution in [0.3, 0.4) is 0 Å². The number of hydrogen-bond acceptors (Lipinski definition) is 1. The first kappa shape index (κ1) is 18.2. The van der Waals surface area contributed by atoms with Crippen molar-refractivity contribution in [2.75, 3.05) is 0 Å². The monoisotopic (exact) mass is 382 g/mol. The third-order valence-corrected chi connectivity index (χ3v) is 6.44. The van der Waals surface area contributed by atoms with E-state index in [0.29, 0.717) is 0 Å². The minimum absolute atomic E-state index is 0.0678. The number of pyridine rings is 1. The predicted octanol–water partition coefficient (Wildman–Crippen LogP) is 6.81. The van der Waals surface area contributed by atoms with E-state index < -0.39 is 0 Å². The zero-order valence-corrected chi connectivity index (χ0v) is 18.4. The number of aromatic nitrogens is 1. The summed E-state index contributed by atoms with van der Waals surface area (Å²) in [4.78, 5) is 0. The Kier molecular flexibility index (Phi) is 3.65. The van der Waals surface area contributed by atoms with Gasteiger partial charge in [-0.2, -0.15) is 0 Å². The molecule has 5 rings (SSSR count). The van der Waals surface area contributed by atoms with Crippen LogP contribution in [0.5, 0.6) is 11.5 Å². The summed E-state index contributed by atoms with van der Waals surface area (Å²) in [5, 5.41) is 5.05. The standard InChI is InChI=1S/C27H28NO/c1-15-8-9-20-17(3)26-23(16(2)21(20)12-15)25-24-18(10-11-28(25)7)13-19(27(4,5)6)14-22(24)29-26/h8-14H,1-7H3/q+1. The Bertz CT molecular complexity index is 1340. The van der Waals surface area contributed by atoms with Crippen LogP contribution in [0.15, 0.2) is 42.6 Å². The highest BCUT2D eigenvalue weighted by atomic mass is 16.5. The van der Waals surface area contributed by atoms with Crippen molar-refractivity contribution in [3.05, 3.63) is 64.8 Å². The molecular weight excluding hydrogens is 354 g/mol. The molecule has 0 saturated heterocycles. The maximum atomic E-state index is 6.68. The molecule has 1 aliphatic rings. The van der Waals surface area contributed by atoms with Crippen molar-refractivity contribution >= 4 is 21.5 Å². The van der Waals surface area contributed by atoms with Crippen molar-refractivity contribution in [1.82, 2.24) is 0 Å². The summed E-state index contributed by atoms with van der Waals surface area (Å²) in [6.07, 6.45) is 2.18. The van der Waals surface area contributed by atoms with Gasteiger partial charge < -0.3 is 4.74 Å². The van der Waals surface area contributed by atoms with Gasteiger partial charge in [-0.25, -0.2) is 4.57 Å². The molecule has 0 radical (unpaired) electrons. The summed E-state index contributed by atoms with van der Waals surface area (Å²) in [6, 6.07) is 13.5. The molecule has 2 heteroatoms. The van der Waals surface area contributed by atoms with Gasteiger partial charge in [0.1, 0.15) is 18.5 Å². The van der Waals surface area contributed by atoms with E-state index in [-0.39, 0.29) is 5.41 Å². The summed E-state index contributed by atoms with van der Waals surface area (Å²) in [6.45, 7) is 13.4. The fraction of sp³-hybridized carbons (Fsp3) is 0.296. The van der Waals surface area contributed by atoms with Crippen LogP contribution in [0, 0.1) is 20.8 Å². The lowest BCUT2D eigenvalue weighted by atomic mass is 9.83. The van der Waals surface area contributed by atoms with Gasteiger partial charge in [0, 0.05) is 11.6 Å². The zero-order chi connectivity index (χ0) is 20.7. The first-order valence-corrected chi connectivity index (χ1v) is 10.4. The van der Waals surface area contributed by atoms with Crippen LogP contribution in [0.2, 0.25) is 0 Å². The van der Waals surface area contributed by atoms with Crippen molar-refractivity contribution in [3.8, 4) is 22.8 Å². The minimum atomic E-state index is 0.0678. The van der Waals surface area contributed by atoms with Gasteiger partial charge in [0.2, 0.25) is 5.69 Å². The van der Waals surface area contributed by atoms with Gasteiger partial charge in [-0.05, 0) is 65.6 Å². The Morgan fingerprint density at radius 2 is 1.62 bits per heavy atom. The van der Waals surface area contributed by atoms with Gasteiger partial charge >= 0.3 is 0 Å². The van der Waals surface area contributed by atoms with Crippen LogP contribution in [0.1, 0.15) is 43.0 Å². The molecule has 0 atom stereocenters.